The number of hydrogen-bond acceptors (Lipinski definition) is 10. The lowest BCUT2D eigenvalue weighted by Gasteiger charge is -2.53. The van der Waals surface area contributed by atoms with Crippen LogP contribution in [0.1, 0.15) is 11.1 Å². The van der Waals surface area contributed by atoms with E-state index in [1.807, 2.05) is 0 Å². The van der Waals surface area contributed by atoms with Crippen LogP contribution in [0, 0.1) is 0 Å². The SMILES string of the molecule is CN(CC(=O)O)C(Cc1cccc(CN=C=S)c1)(N(CC(=O)O)CC(=O)O)N(CC(=O)O)CC(=O)O. The van der Waals surface area contributed by atoms with Crippen molar-refractivity contribution in [1.29, 1.82) is 0 Å². The third-order valence-corrected chi connectivity index (χ3v) is 5.19. The Morgan fingerprint density at radius 2 is 1.22 bits per heavy atom. The van der Waals surface area contributed by atoms with Crippen molar-refractivity contribution in [3.05, 3.63) is 35.4 Å². The number of carboxylic acid groups (broad SMARTS) is 5. The minimum absolute atomic E-state index is 0.122. The van der Waals surface area contributed by atoms with Gasteiger partial charge in [-0.2, -0.15) is 0 Å². The van der Waals surface area contributed by atoms with Gasteiger partial charge in [0.15, 0.2) is 0 Å². The summed E-state index contributed by atoms with van der Waals surface area (Å²) in [5.74, 6) is -9.53. The molecule has 1 aromatic carbocycles. The first kappa shape index (κ1) is 30.3. The van der Waals surface area contributed by atoms with Crippen molar-refractivity contribution in [3.8, 4) is 0 Å². The second kappa shape index (κ2) is 14.0. The van der Waals surface area contributed by atoms with Crippen LogP contribution in [0.2, 0.25) is 0 Å². The van der Waals surface area contributed by atoms with Gasteiger partial charge in [0, 0.05) is 6.42 Å². The standard InChI is InChI=1S/C21H26N4O10S/c1-23(8-16(26)27)21(24(9-17(28)29)10-18(30)31,25(11-19(32)33)12-20(34)35)6-14-3-2-4-15(5-14)7-22-13-36/h2-5H,6-12H2,1H3,(H,26,27)(H,28,29)(H,30,31)(H,32,33)(H,34,35). The van der Waals surface area contributed by atoms with Crippen LogP contribution in [-0.2, 0) is 36.9 Å². The monoisotopic (exact) mass is 526 g/mol. The van der Waals surface area contributed by atoms with Crippen LogP contribution in [0.15, 0.2) is 29.3 Å². The minimum Gasteiger partial charge on any atom is -0.480 e. The topological polar surface area (TPSA) is 209 Å². The average molecular weight is 527 g/mol. The third kappa shape index (κ3) is 9.13. The molecule has 0 saturated heterocycles. The first-order valence-electron chi connectivity index (χ1n) is 10.2. The highest BCUT2D eigenvalue weighted by atomic mass is 32.1. The number of likely N-dealkylation sites (N-methyl/N-ethyl adjacent to an activating group) is 1. The van der Waals surface area contributed by atoms with Crippen molar-refractivity contribution in [2.24, 2.45) is 4.99 Å². The highest BCUT2D eigenvalue weighted by Gasteiger charge is 2.49. The molecule has 0 atom stereocenters. The van der Waals surface area contributed by atoms with E-state index in [1.54, 1.807) is 24.3 Å². The molecule has 0 aromatic heterocycles. The van der Waals surface area contributed by atoms with Crippen LogP contribution in [-0.4, -0.2) is 121 Å². The summed E-state index contributed by atoms with van der Waals surface area (Å²) in [5.41, 5.74) is 1.01. The van der Waals surface area contributed by atoms with Crippen LogP contribution in [0.3, 0.4) is 0 Å². The van der Waals surface area contributed by atoms with Gasteiger partial charge in [0.1, 0.15) is 5.79 Å². The summed E-state index contributed by atoms with van der Waals surface area (Å²) in [6.45, 7) is -4.57. The van der Waals surface area contributed by atoms with Crippen LogP contribution < -0.4 is 0 Å². The Labute approximate surface area is 210 Å². The number of rotatable bonds is 17. The number of aliphatic imine (C=N–C) groups is 1. The van der Waals surface area contributed by atoms with Crippen molar-refractivity contribution in [2.45, 2.75) is 18.8 Å². The molecule has 0 amide bonds. The summed E-state index contributed by atoms with van der Waals surface area (Å²) < 4.78 is 0. The second-order valence-corrected chi connectivity index (χ2v) is 7.90. The molecule has 0 aliphatic heterocycles. The van der Waals surface area contributed by atoms with E-state index in [2.05, 4.69) is 22.4 Å². The number of nitrogens with zero attached hydrogens (tertiary/aromatic N) is 4. The molecule has 14 nitrogen and oxygen atoms in total. The number of carboxylic acids is 5. The molecule has 5 N–H and O–H groups in total. The molecule has 0 saturated carbocycles. The fraction of sp³-hybridized carbons (Fsp3) is 0.429. The summed E-state index contributed by atoms with van der Waals surface area (Å²) in [6, 6.07) is 6.44. The first-order chi connectivity index (χ1) is 16.8. The van der Waals surface area contributed by atoms with Crippen LogP contribution in [0.5, 0.6) is 0 Å². The lowest BCUT2D eigenvalue weighted by molar-refractivity contribution is -0.189. The largest absolute Gasteiger partial charge is 0.480 e. The maximum Gasteiger partial charge on any atom is 0.317 e. The van der Waals surface area contributed by atoms with Gasteiger partial charge in [-0.15, -0.1) is 0 Å². The van der Waals surface area contributed by atoms with Crippen molar-refractivity contribution >= 4 is 47.2 Å². The van der Waals surface area contributed by atoms with Crippen LogP contribution in [0.4, 0.5) is 0 Å². The van der Waals surface area contributed by atoms with E-state index in [0.29, 0.717) is 11.1 Å². The summed E-state index contributed by atoms with van der Waals surface area (Å²) in [6.07, 6.45) is -0.368. The van der Waals surface area contributed by atoms with E-state index in [1.165, 1.54) is 7.05 Å². The fourth-order valence-corrected chi connectivity index (χ4v) is 3.94. The van der Waals surface area contributed by atoms with E-state index in [4.69, 9.17) is 0 Å². The zero-order valence-corrected chi connectivity index (χ0v) is 20.1. The normalized spacial score (nSPS) is 11.3. The van der Waals surface area contributed by atoms with Crippen molar-refractivity contribution < 1.29 is 49.5 Å². The zero-order chi connectivity index (χ0) is 27.5. The number of isothiocyanates is 1. The predicted molar refractivity (Wildman–Crippen MR) is 126 cm³/mol. The lowest BCUT2D eigenvalue weighted by Crippen LogP contribution is -2.73. The van der Waals surface area contributed by atoms with Crippen molar-refractivity contribution in [2.75, 3.05) is 39.8 Å². The maximum atomic E-state index is 11.7. The molecule has 0 spiro atoms. The van der Waals surface area contributed by atoms with E-state index in [9.17, 15) is 49.5 Å². The minimum atomic E-state index is -2.13. The summed E-state index contributed by atoms with van der Waals surface area (Å²) >= 11 is 4.56. The van der Waals surface area contributed by atoms with Gasteiger partial charge in [0.2, 0.25) is 0 Å². The molecule has 0 radical (unpaired) electrons. The molecular formula is C21H26N4O10S. The molecule has 0 aliphatic carbocycles. The van der Waals surface area contributed by atoms with Gasteiger partial charge in [-0.3, -0.25) is 38.7 Å². The van der Waals surface area contributed by atoms with E-state index in [-0.39, 0.29) is 13.0 Å². The smallest absolute Gasteiger partial charge is 0.317 e. The number of hydrogen-bond donors (Lipinski definition) is 5. The van der Waals surface area contributed by atoms with Crippen molar-refractivity contribution in [1.82, 2.24) is 14.7 Å². The first-order valence-corrected chi connectivity index (χ1v) is 10.6. The molecule has 15 heteroatoms. The van der Waals surface area contributed by atoms with Gasteiger partial charge in [0.25, 0.3) is 0 Å². The molecule has 0 heterocycles. The second-order valence-electron chi connectivity index (χ2n) is 7.72. The summed E-state index contributed by atoms with van der Waals surface area (Å²) in [4.78, 5) is 65.0. The number of aliphatic carboxylic acids is 5. The number of benzene rings is 1. The van der Waals surface area contributed by atoms with Gasteiger partial charge in [-0.05, 0) is 30.4 Å². The Morgan fingerprint density at radius 1 is 0.806 bits per heavy atom. The molecule has 0 unspecified atom stereocenters. The lowest BCUT2D eigenvalue weighted by atomic mass is 9.99. The van der Waals surface area contributed by atoms with Crippen molar-refractivity contribution in [3.63, 3.8) is 0 Å². The molecule has 0 aliphatic rings. The Balaban J connectivity index is 3.96. The van der Waals surface area contributed by atoms with Gasteiger partial charge in [0.05, 0.1) is 44.4 Å². The highest BCUT2D eigenvalue weighted by molar-refractivity contribution is 7.78. The van der Waals surface area contributed by atoms with Crippen LogP contribution in [0.25, 0.3) is 0 Å². The summed E-state index contributed by atoms with van der Waals surface area (Å²) in [7, 11) is 1.21. The average Bonchev–Trinajstić information content (AvgIpc) is 2.73. The highest BCUT2D eigenvalue weighted by Crippen LogP contribution is 2.30. The third-order valence-electron chi connectivity index (χ3n) is 5.06. The Kier molecular flexibility index (Phi) is 11.7. The van der Waals surface area contributed by atoms with Gasteiger partial charge in [-0.1, -0.05) is 24.3 Å². The Bertz CT molecular complexity index is 975. The van der Waals surface area contributed by atoms with E-state index < -0.39 is 68.4 Å². The molecule has 36 heavy (non-hydrogen) atoms. The van der Waals surface area contributed by atoms with Crippen LogP contribution >= 0.6 is 12.2 Å². The van der Waals surface area contributed by atoms with E-state index in [0.717, 1.165) is 14.7 Å². The molecule has 1 rings (SSSR count). The molecule has 1 aromatic rings. The molecule has 0 fully saturated rings. The zero-order valence-electron chi connectivity index (χ0n) is 19.2. The van der Waals surface area contributed by atoms with Gasteiger partial charge < -0.3 is 25.5 Å². The Morgan fingerprint density at radius 3 is 1.61 bits per heavy atom. The number of carbonyl (C=O) groups is 5. The fourth-order valence-electron chi connectivity index (χ4n) is 3.88. The van der Waals surface area contributed by atoms with E-state index >= 15 is 0 Å². The number of thiocarbonyl (C=S) groups is 1. The Hall–Kier alpha value is -3.75. The molecular weight excluding hydrogens is 500 g/mol. The molecule has 0 bridgehead atoms. The maximum absolute atomic E-state index is 11.7. The van der Waals surface area contributed by atoms with Gasteiger partial charge >= 0.3 is 29.8 Å². The quantitative estimate of drug-likeness (QED) is 0.0980. The predicted octanol–water partition coefficient (Wildman–Crippen LogP) is -0.555. The summed E-state index contributed by atoms with van der Waals surface area (Å²) in [5, 5.41) is 49.8. The molecule has 196 valence electrons. The van der Waals surface area contributed by atoms with Gasteiger partial charge in [-0.25, -0.2) is 4.99 Å².